The molecule has 0 radical (unpaired) electrons. The number of nitrogens with zero attached hydrogens (tertiary/aromatic N) is 3. The molecule has 1 aromatic carbocycles. The van der Waals surface area contributed by atoms with Gasteiger partial charge in [-0.3, -0.25) is 4.79 Å². The van der Waals surface area contributed by atoms with E-state index in [2.05, 4.69) is 22.2 Å². The van der Waals surface area contributed by atoms with E-state index in [1.165, 1.54) is 18.5 Å². The molecule has 1 aromatic heterocycles. The third-order valence-corrected chi connectivity index (χ3v) is 3.29. The number of halogens is 2. The van der Waals surface area contributed by atoms with Crippen LogP contribution >= 0.6 is 0 Å². The summed E-state index contributed by atoms with van der Waals surface area (Å²) in [5, 5.41) is 2.20. The molecule has 0 saturated heterocycles. The lowest BCUT2D eigenvalue weighted by molar-refractivity contribution is 0.102. The highest BCUT2D eigenvalue weighted by molar-refractivity contribution is 6.04. The second kappa shape index (κ2) is 7.62. The van der Waals surface area contributed by atoms with Gasteiger partial charge < -0.3 is 10.2 Å². The summed E-state index contributed by atoms with van der Waals surface area (Å²) in [6, 6.07) is 3.37. The van der Waals surface area contributed by atoms with Crippen molar-refractivity contribution in [3.8, 4) is 0 Å². The largest absolute Gasteiger partial charge is 0.344 e. The molecule has 0 fully saturated rings. The second-order valence-electron chi connectivity index (χ2n) is 5.10. The fourth-order valence-electron chi connectivity index (χ4n) is 1.93. The van der Waals surface area contributed by atoms with Crippen LogP contribution in [0.1, 0.15) is 30.1 Å². The van der Waals surface area contributed by atoms with Crippen LogP contribution < -0.4 is 10.2 Å². The SMILES string of the molecule is CCCCN(C)c1ncc(C(=O)Nc2c(F)cccc2F)cn1. The summed E-state index contributed by atoms with van der Waals surface area (Å²) in [7, 11) is 1.86. The van der Waals surface area contributed by atoms with Gasteiger partial charge in [-0.15, -0.1) is 0 Å². The molecule has 2 aromatic rings. The Bertz CT molecular complexity index is 656. The van der Waals surface area contributed by atoms with E-state index in [-0.39, 0.29) is 5.56 Å². The van der Waals surface area contributed by atoms with Crippen LogP contribution in [0.5, 0.6) is 0 Å². The number of unbranched alkanes of at least 4 members (excludes halogenated alkanes) is 1. The van der Waals surface area contributed by atoms with Crippen molar-refractivity contribution in [2.75, 3.05) is 23.8 Å². The zero-order valence-corrected chi connectivity index (χ0v) is 13.0. The fourth-order valence-corrected chi connectivity index (χ4v) is 1.93. The predicted octanol–water partition coefficient (Wildman–Crippen LogP) is 3.24. The van der Waals surface area contributed by atoms with E-state index in [9.17, 15) is 13.6 Å². The minimum absolute atomic E-state index is 0.125. The molecule has 1 amide bonds. The maximum absolute atomic E-state index is 13.5. The van der Waals surface area contributed by atoms with E-state index in [1.54, 1.807) is 0 Å². The Morgan fingerprint density at radius 2 is 1.83 bits per heavy atom. The van der Waals surface area contributed by atoms with Crippen molar-refractivity contribution in [2.24, 2.45) is 0 Å². The molecule has 1 heterocycles. The molecule has 0 atom stereocenters. The Labute approximate surface area is 133 Å². The summed E-state index contributed by atoms with van der Waals surface area (Å²) >= 11 is 0. The van der Waals surface area contributed by atoms with Crippen molar-refractivity contribution < 1.29 is 13.6 Å². The number of hydrogen-bond acceptors (Lipinski definition) is 4. The lowest BCUT2D eigenvalue weighted by Crippen LogP contribution is -2.21. The van der Waals surface area contributed by atoms with Crippen LogP contribution in [0.4, 0.5) is 20.4 Å². The van der Waals surface area contributed by atoms with E-state index >= 15 is 0 Å². The molecule has 2 rings (SSSR count). The number of para-hydroxylation sites is 1. The maximum atomic E-state index is 13.5. The van der Waals surface area contributed by atoms with Crippen LogP contribution in [-0.4, -0.2) is 29.5 Å². The number of hydrogen-bond donors (Lipinski definition) is 1. The topological polar surface area (TPSA) is 58.1 Å². The molecular formula is C16H18F2N4O. The molecule has 0 bridgehead atoms. The molecular weight excluding hydrogens is 302 g/mol. The van der Waals surface area contributed by atoms with Gasteiger partial charge in [0.25, 0.3) is 5.91 Å². The molecule has 23 heavy (non-hydrogen) atoms. The standard InChI is InChI=1S/C16H18F2N4O/c1-3-4-8-22(2)16-19-9-11(10-20-16)15(23)21-14-12(17)6-5-7-13(14)18/h5-7,9-10H,3-4,8H2,1-2H3,(H,21,23). The average Bonchev–Trinajstić information content (AvgIpc) is 2.56. The molecule has 0 aliphatic heterocycles. The van der Waals surface area contributed by atoms with Crippen molar-refractivity contribution in [3.63, 3.8) is 0 Å². The fraction of sp³-hybridized carbons (Fsp3) is 0.312. The predicted molar refractivity (Wildman–Crippen MR) is 84.5 cm³/mol. The second-order valence-corrected chi connectivity index (χ2v) is 5.10. The quantitative estimate of drug-likeness (QED) is 0.888. The number of benzene rings is 1. The molecule has 0 saturated carbocycles. The van der Waals surface area contributed by atoms with E-state index in [1.807, 2.05) is 11.9 Å². The molecule has 7 heteroatoms. The molecule has 0 aliphatic carbocycles. The molecule has 122 valence electrons. The Hall–Kier alpha value is -2.57. The summed E-state index contributed by atoms with van der Waals surface area (Å²) in [6.45, 7) is 2.90. The van der Waals surface area contributed by atoms with Crippen LogP contribution in [0.3, 0.4) is 0 Å². The Kier molecular flexibility index (Phi) is 5.56. The summed E-state index contributed by atoms with van der Waals surface area (Å²) in [5.41, 5.74) is -0.359. The smallest absolute Gasteiger partial charge is 0.258 e. The van der Waals surface area contributed by atoms with Gasteiger partial charge in [0, 0.05) is 26.0 Å². The molecule has 0 spiro atoms. The Balaban J connectivity index is 2.08. The molecule has 0 aliphatic rings. The highest BCUT2D eigenvalue weighted by atomic mass is 19.1. The Morgan fingerprint density at radius 1 is 1.22 bits per heavy atom. The van der Waals surface area contributed by atoms with E-state index < -0.39 is 23.2 Å². The van der Waals surface area contributed by atoms with Crippen LogP contribution in [0, 0.1) is 11.6 Å². The van der Waals surface area contributed by atoms with Crippen LogP contribution in [0.25, 0.3) is 0 Å². The van der Waals surface area contributed by atoms with Gasteiger partial charge in [0.15, 0.2) is 0 Å². The Morgan fingerprint density at radius 3 is 2.39 bits per heavy atom. The van der Waals surface area contributed by atoms with Crippen LogP contribution in [0.2, 0.25) is 0 Å². The first kappa shape index (κ1) is 16.8. The van der Waals surface area contributed by atoms with Crippen molar-refractivity contribution >= 4 is 17.5 Å². The summed E-state index contributed by atoms with van der Waals surface area (Å²) < 4.78 is 27.0. The van der Waals surface area contributed by atoms with Crippen molar-refractivity contribution in [2.45, 2.75) is 19.8 Å². The highest BCUT2D eigenvalue weighted by Gasteiger charge is 2.14. The minimum Gasteiger partial charge on any atom is -0.344 e. The van der Waals surface area contributed by atoms with Gasteiger partial charge in [-0.05, 0) is 18.6 Å². The first-order valence-corrected chi connectivity index (χ1v) is 7.31. The number of amides is 1. The number of rotatable bonds is 6. The number of carbonyl (C=O) groups is 1. The highest BCUT2D eigenvalue weighted by Crippen LogP contribution is 2.19. The van der Waals surface area contributed by atoms with Gasteiger partial charge in [-0.2, -0.15) is 0 Å². The number of nitrogens with one attached hydrogen (secondary N) is 1. The summed E-state index contributed by atoms with van der Waals surface area (Å²) in [4.78, 5) is 22.1. The average molecular weight is 320 g/mol. The molecule has 0 unspecified atom stereocenters. The van der Waals surface area contributed by atoms with Crippen molar-refractivity contribution in [1.29, 1.82) is 0 Å². The lowest BCUT2D eigenvalue weighted by Gasteiger charge is -2.16. The van der Waals surface area contributed by atoms with Crippen molar-refractivity contribution in [3.05, 3.63) is 47.8 Å². The minimum atomic E-state index is -0.838. The van der Waals surface area contributed by atoms with Gasteiger partial charge in [-0.25, -0.2) is 18.7 Å². The zero-order valence-electron chi connectivity index (χ0n) is 13.0. The normalized spacial score (nSPS) is 10.4. The number of anilines is 2. The number of carbonyl (C=O) groups excluding carboxylic acids is 1. The van der Waals surface area contributed by atoms with Gasteiger partial charge >= 0.3 is 0 Å². The number of aromatic nitrogens is 2. The monoisotopic (exact) mass is 320 g/mol. The van der Waals surface area contributed by atoms with Gasteiger partial charge in [-0.1, -0.05) is 19.4 Å². The van der Waals surface area contributed by atoms with Gasteiger partial charge in [0.1, 0.15) is 17.3 Å². The molecule has 5 nitrogen and oxygen atoms in total. The van der Waals surface area contributed by atoms with E-state index in [0.29, 0.717) is 5.95 Å². The van der Waals surface area contributed by atoms with E-state index in [0.717, 1.165) is 31.5 Å². The first-order chi connectivity index (χ1) is 11.0. The summed E-state index contributed by atoms with van der Waals surface area (Å²) in [5.74, 6) is -1.85. The summed E-state index contributed by atoms with van der Waals surface area (Å²) in [6.07, 6.45) is 4.73. The molecule has 1 N–H and O–H groups in total. The third kappa shape index (κ3) is 4.21. The van der Waals surface area contributed by atoms with Crippen LogP contribution in [0.15, 0.2) is 30.6 Å². The lowest BCUT2D eigenvalue weighted by atomic mass is 10.2. The van der Waals surface area contributed by atoms with Crippen LogP contribution in [-0.2, 0) is 0 Å². The maximum Gasteiger partial charge on any atom is 0.258 e. The third-order valence-electron chi connectivity index (χ3n) is 3.29. The first-order valence-electron chi connectivity index (χ1n) is 7.31. The zero-order chi connectivity index (χ0) is 16.8. The van der Waals surface area contributed by atoms with Gasteiger partial charge in [0.2, 0.25) is 5.95 Å². The van der Waals surface area contributed by atoms with E-state index in [4.69, 9.17) is 0 Å². The van der Waals surface area contributed by atoms with Gasteiger partial charge in [0.05, 0.1) is 5.56 Å². The van der Waals surface area contributed by atoms with Crippen molar-refractivity contribution in [1.82, 2.24) is 9.97 Å².